The SMILES string of the molecule is CC(C)(C)c1ccc2c(c1)-c1c(c(C#N)cc3c1c1cc(C(C)(C)C)cc4c5c6c(c(C#N)cc5n3c14)C(C)(C)c1ccc(C(C)(C)C)cc1-6)C2(C)C. The fraction of sp³-hybridized carbons (Fsp3) is 0.360. The van der Waals surface area contributed by atoms with Gasteiger partial charge in [-0.15, -0.1) is 0 Å². The summed E-state index contributed by atoms with van der Waals surface area (Å²) in [7, 11) is 0. The summed E-state index contributed by atoms with van der Waals surface area (Å²) in [5.74, 6) is 0. The Balaban J connectivity index is 1.56. The first-order valence-electron chi connectivity index (χ1n) is 19.2. The van der Waals surface area contributed by atoms with Crippen molar-refractivity contribution in [2.45, 2.75) is 117 Å². The van der Waals surface area contributed by atoms with Crippen molar-refractivity contribution in [3.8, 4) is 34.4 Å². The minimum atomic E-state index is -0.337. The van der Waals surface area contributed by atoms with Gasteiger partial charge in [-0.2, -0.15) is 10.5 Å². The molecular weight excluding hydrogens is 643 g/mol. The highest BCUT2D eigenvalue weighted by atomic mass is 14.9. The second-order valence-electron chi connectivity index (χ2n) is 20.1. The average Bonchev–Trinajstić information content (AvgIpc) is 3.73. The molecule has 0 unspecified atom stereocenters. The Bertz CT molecular complexity index is 2700. The number of benzene rings is 5. The Morgan fingerprint density at radius 2 is 0.887 bits per heavy atom. The van der Waals surface area contributed by atoms with Crippen LogP contribution in [0.25, 0.3) is 60.3 Å². The highest BCUT2D eigenvalue weighted by Gasteiger charge is 2.43. The van der Waals surface area contributed by atoms with E-state index in [2.05, 4.69) is 167 Å². The van der Waals surface area contributed by atoms with Crippen LogP contribution in [0.2, 0.25) is 0 Å². The van der Waals surface area contributed by atoms with Crippen molar-refractivity contribution in [3.63, 3.8) is 0 Å². The number of hydrogen-bond donors (Lipinski definition) is 0. The average molecular weight is 692 g/mol. The van der Waals surface area contributed by atoms with Gasteiger partial charge in [0.15, 0.2) is 0 Å². The lowest BCUT2D eigenvalue weighted by molar-refractivity contribution is 0.588. The molecule has 2 heterocycles. The quantitative estimate of drug-likeness (QED) is 0.159. The molecule has 2 aliphatic carbocycles. The molecule has 0 N–H and O–H groups in total. The zero-order valence-electron chi connectivity index (χ0n) is 33.6. The molecule has 53 heavy (non-hydrogen) atoms. The van der Waals surface area contributed by atoms with Crippen molar-refractivity contribution in [2.24, 2.45) is 0 Å². The first kappa shape index (κ1) is 33.7. The monoisotopic (exact) mass is 691 g/mol. The number of nitrogens with zero attached hydrogens (tertiary/aromatic N) is 3. The molecule has 264 valence electrons. The fourth-order valence-electron chi connectivity index (χ4n) is 10.1. The van der Waals surface area contributed by atoms with E-state index >= 15 is 0 Å². The third-order valence-corrected chi connectivity index (χ3v) is 13.0. The summed E-state index contributed by atoms with van der Waals surface area (Å²) in [5.41, 5.74) is 17.4. The molecule has 3 heteroatoms. The second-order valence-corrected chi connectivity index (χ2v) is 20.1. The summed E-state index contributed by atoms with van der Waals surface area (Å²) >= 11 is 0. The van der Waals surface area contributed by atoms with Crippen LogP contribution in [-0.2, 0) is 27.1 Å². The molecule has 0 radical (unpaired) electrons. The molecule has 0 amide bonds. The van der Waals surface area contributed by atoms with Gasteiger partial charge in [0.25, 0.3) is 0 Å². The molecule has 0 saturated carbocycles. The van der Waals surface area contributed by atoms with Gasteiger partial charge in [-0.3, -0.25) is 0 Å². The van der Waals surface area contributed by atoms with E-state index in [0.717, 1.165) is 33.3 Å². The van der Waals surface area contributed by atoms with Gasteiger partial charge in [-0.05, 0) is 102 Å². The van der Waals surface area contributed by atoms with Gasteiger partial charge in [0.1, 0.15) is 0 Å². The van der Waals surface area contributed by atoms with E-state index in [-0.39, 0.29) is 27.1 Å². The molecule has 0 aliphatic heterocycles. The molecular formula is C50H49N3. The minimum Gasteiger partial charge on any atom is -0.308 e. The standard InChI is InChI=1S/C50H49N3/c1-46(2,3)28-14-16-35-31(20-28)41-39-33-22-30(48(7,8)9)23-34-40-38(53(45(33)34)37(39)18-26(24-51)43(41)49(35,10)11)19-27(25-52)44-42(40)32-21-29(47(4,5)6)15-17-36(32)50(44,12)13/h14-23H,1-13H3. The molecule has 0 saturated heterocycles. The highest BCUT2D eigenvalue weighted by Crippen LogP contribution is 2.59. The van der Waals surface area contributed by atoms with Crippen LogP contribution in [0, 0.1) is 22.7 Å². The number of nitriles is 2. The normalized spacial score (nSPS) is 15.9. The second kappa shape index (κ2) is 9.89. The maximum atomic E-state index is 10.9. The van der Waals surface area contributed by atoms with E-state index in [9.17, 15) is 10.5 Å². The van der Waals surface area contributed by atoms with Crippen molar-refractivity contribution in [2.75, 3.05) is 0 Å². The van der Waals surface area contributed by atoms with Crippen LogP contribution in [0.1, 0.15) is 140 Å². The molecule has 5 aromatic carbocycles. The van der Waals surface area contributed by atoms with Gasteiger partial charge in [0, 0.05) is 32.4 Å². The largest absolute Gasteiger partial charge is 0.308 e. The van der Waals surface area contributed by atoms with E-state index in [1.165, 1.54) is 77.1 Å². The van der Waals surface area contributed by atoms with Crippen LogP contribution < -0.4 is 0 Å². The molecule has 9 rings (SSSR count). The van der Waals surface area contributed by atoms with Gasteiger partial charge in [-0.25, -0.2) is 0 Å². The number of fused-ring (bicyclic) bond motifs is 14. The molecule has 0 spiro atoms. The summed E-state index contributed by atoms with van der Waals surface area (Å²) in [5, 5.41) is 26.7. The van der Waals surface area contributed by atoms with Gasteiger partial charge in [0.05, 0.1) is 39.8 Å². The Morgan fingerprint density at radius 3 is 1.23 bits per heavy atom. The lowest BCUT2D eigenvalue weighted by atomic mass is 9.78. The summed E-state index contributed by atoms with van der Waals surface area (Å²) in [6.45, 7) is 29.7. The Labute approximate surface area is 314 Å². The summed E-state index contributed by atoms with van der Waals surface area (Å²) < 4.78 is 2.40. The molecule has 3 nitrogen and oxygen atoms in total. The van der Waals surface area contributed by atoms with E-state index in [1.54, 1.807) is 0 Å². The Kier molecular flexibility index (Phi) is 6.29. The third-order valence-electron chi connectivity index (χ3n) is 13.0. The van der Waals surface area contributed by atoms with Gasteiger partial charge in [0.2, 0.25) is 0 Å². The van der Waals surface area contributed by atoms with Gasteiger partial charge < -0.3 is 4.40 Å². The van der Waals surface area contributed by atoms with E-state index in [4.69, 9.17) is 0 Å². The first-order chi connectivity index (χ1) is 24.6. The predicted octanol–water partition coefficient (Wildman–Crippen LogP) is 13.1. The first-order valence-corrected chi connectivity index (χ1v) is 19.2. The van der Waals surface area contributed by atoms with E-state index < -0.39 is 0 Å². The van der Waals surface area contributed by atoms with Gasteiger partial charge in [-0.1, -0.05) is 126 Å². The van der Waals surface area contributed by atoms with Crippen molar-refractivity contribution in [1.82, 2.24) is 4.40 Å². The smallest absolute Gasteiger partial charge is 0.0995 e. The van der Waals surface area contributed by atoms with E-state index in [1.807, 2.05) is 0 Å². The van der Waals surface area contributed by atoms with Crippen LogP contribution in [0.15, 0.2) is 60.7 Å². The van der Waals surface area contributed by atoms with Crippen LogP contribution in [0.3, 0.4) is 0 Å². The topological polar surface area (TPSA) is 52.0 Å². The number of hydrogen-bond acceptors (Lipinski definition) is 2. The Hall–Kier alpha value is -5.12. The van der Waals surface area contributed by atoms with Gasteiger partial charge >= 0.3 is 0 Å². The van der Waals surface area contributed by atoms with E-state index in [0.29, 0.717) is 0 Å². The fourth-order valence-corrected chi connectivity index (χ4v) is 10.1. The molecule has 0 bridgehead atoms. The zero-order valence-corrected chi connectivity index (χ0v) is 33.6. The maximum absolute atomic E-state index is 10.9. The van der Waals surface area contributed by atoms with Crippen molar-refractivity contribution >= 4 is 38.1 Å². The lowest BCUT2D eigenvalue weighted by Crippen LogP contribution is -2.17. The summed E-state index contributed by atoms with van der Waals surface area (Å²) in [6.07, 6.45) is 0. The van der Waals surface area contributed by atoms with Crippen LogP contribution >= 0.6 is 0 Å². The molecule has 2 aliphatic rings. The number of rotatable bonds is 0. The summed E-state index contributed by atoms with van der Waals surface area (Å²) in [4.78, 5) is 0. The summed E-state index contributed by atoms with van der Waals surface area (Å²) in [6, 6.07) is 28.5. The number of aromatic nitrogens is 1. The Morgan fingerprint density at radius 1 is 0.509 bits per heavy atom. The maximum Gasteiger partial charge on any atom is 0.0995 e. The lowest BCUT2D eigenvalue weighted by Gasteiger charge is -2.24. The van der Waals surface area contributed by atoms with Crippen molar-refractivity contribution < 1.29 is 0 Å². The molecule has 7 aromatic rings. The molecule has 0 atom stereocenters. The predicted molar refractivity (Wildman–Crippen MR) is 222 cm³/mol. The minimum absolute atomic E-state index is 0.0240. The van der Waals surface area contributed by atoms with Crippen LogP contribution in [0.5, 0.6) is 0 Å². The van der Waals surface area contributed by atoms with Crippen LogP contribution in [0.4, 0.5) is 0 Å². The third kappa shape index (κ3) is 4.15. The zero-order chi connectivity index (χ0) is 38.1. The highest BCUT2D eigenvalue weighted by molar-refractivity contribution is 6.30. The van der Waals surface area contributed by atoms with Crippen molar-refractivity contribution in [1.29, 1.82) is 10.5 Å². The van der Waals surface area contributed by atoms with Crippen molar-refractivity contribution in [3.05, 3.63) is 111 Å². The molecule has 0 fully saturated rings. The molecule has 2 aromatic heterocycles. The van der Waals surface area contributed by atoms with Crippen LogP contribution in [-0.4, -0.2) is 4.40 Å².